The monoisotopic (exact) mass is 375 g/mol. The van der Waals surface area contributed by atoms with Gasteiger partial charge in [0, 0.05) is 12.0 Å². The molecule has 0 saturated heterocycles. The lowest BCUT2D eigenvalue weighted by atomic mass is 10.0. The van der Waals surface area contributed by atoms with E-state index in [9.17, 15) is 4.79 Å². The van der Waals surface area contributed by atoms with Crippen LogP contribution in [0.5, 0.6) is 0 Å². The van der Waals surface area contributed by atoms with Gasteiger partial charge in [-0.15, -0.1) is 0 Å². The van der Waals surface area contributed by atoms with Gasteiger partial charge in [-0.2, -0.15) is 4.98 Å². The summed E-state index contributed by atoms with van der Waals surface area (Å²) in [6.07, 6.45) is 3.60. The van der Waals surface area contributed by atoms with E-state index < -0.39 is 6.04 Å². The summed E-state index contributed by atoms with van der Waals surface area (Å²) in [5, 5.41) is 4.12. The third kappa shape index (κ3) is 2.79. The van der Waals surface area contributed by atoms with E-state index in [2.05, 4.69) is 20.1 Å². The Morgan fingerprint density at radius 1 is 1.25 bits per heavy atom. The number of H-pyrrole nitrogens is 1. The molecule has 3 aromatic heterocycles. The summed E-state index contributed by atoms with van der Waals surface area (Å²) < 4.78 is 10.9. The first-order valence-corrected chi connectivity index (χ1v) is 8.95. The molecule has 1 amide bonds. The number of nitrogens with one attached hydrogen (secondary N) is 1. The number of carbonyl (C=O) groups excluding carboxylic acids is 1. The highest BCUT2D eigenvalue weighted by Crippen LogP contribution is 2.33. The quantitative estimate of drug-likeness (QED) is 0.590. The molecule has 0 unspecified atom stereocenters. The molecular formula is C20H17N5O3. The molecule has 5 rings (SSSR count). The van der Waals surface area contributed by atoms with Gasteiger partial charge < -0.3 is 18.8 Å². The lowest BCUT2D eigenvalue weighted by Crippen LogP contribution is -2.39. The minimum Gasteiger partial charge on any atom is -0.459 e. The van der Waals surface area contributed by atoms with Crippen molar-refractivity contribution in [2.24, 2.45) is 0 Å². The SMILES string of the molecule is Cc1ccc(-c2noc([C@@H]3Cc4nc[nH]c4CN3C(=O)c3ccco3)n2)cc1. The summed E-state index contributed by atoms with van der Waals surface area (Å²) in [5.41, 5.74) is 3.81. The summed E-state index contributed by atoms with van der Waals surface area (Å²) in [6, 6.07) is 10.8. The number of amides is 1. The van der Waals surface area contributed by atoms with Crippen LogP contribution in [-0.4, -0.2) is 30.9 Å². The van der Waals surface area contributed by atoms with E-state index in [4.69, 9.17) is 8.94 Å². The molecule has 140 valence electrons. The van der Waals surface area contributed by atoms with Crippen LogP contribution < -0.4 is 0 Å². The number of hydrogen-bond acceptors (Lipinski definition) is 6. The number of fused-ring (bicyclic) bond motifs is 1. The summed E-state index contributed by atoms with van der Waals surface area (Å²) in [7, 11) is 0. The number of aromatic amines is 1. The average Bonchev–Trinajstić information content (AvgIpc) is 3.48. The van der Waals surface area contributed by atoms with Crippen LogP contribution in [0.25, 0.3) is 11.4 Å². The summed E-state index contributed by atoms with van der Waals surface area (Å²) in [6.45, 7) is 2.38. The molecule has 1 aromatic carbocycles. The molecule has 1 aliphatic heterocycles. The van der Waals surface area contributed by atoms with Gasteiger partial charge in [-0.05, 0) is 19.1 Å². The Hall–Kier alpha value is -3.68. The first-order chi connectivity index (χ1) is 13.7. The van der Waals surface area contributed by atoms with Crippen molar-refractivity contribution in [3.8, 4) is 11.4 Å². The standard InChI is InChI=1S/C20H17N5O3/c1-12-4-6-13(7-5-12)18-23-19(28-24-18)16-9-14-15(22-11-21-14)10-25(16)20(26)17-3-2-8-27-17/h2-8,11,16H,9-10H2,1H3,(H,21,22)/t16-/m0/s1. The van der Waals surface area contributed by atoms with Crippen LogP contribution in [0.1, 0.15) is 39.4 Å². The maximum Gasteiger partial charge on any atom is 0.290 e. The summed E-state index contributed by atoms with van der Waals surface area (Å²) in [4.78, 5) is 26.7. The molecule has 4 aromatic rings. The number of aryl methyl sites for hydroxylation is 1. The molecule has 0 fully saturated rings. The molecule has 1 N–H and O–H groups in total. The second-order valence-electron chi connectivity index (χ2n) is 6.78. The van der Waals surface area contributed by atoms with Gasteiger partial charge in [-0.1, -0.05) is 35.0 Å². The Morgan fingerprint density at radius 3 is 2.89 bits per heavy atom. The molecule has 0 saturated carbocycles. The molecule has 0 aliphatic carbocycles. The molecule has 0 bridgehead atoms. The van der Waals surface area contributed by atoms with E-state index in [-0.39, 0.29) is 11.7 Å². The van der Waals surface area contributed by atoms with Gasteiger partial charge in [0.05, 0.1) is 30.5 Å². The van der Waals surface area contributed by atoms with Crippen LogP contribution in [-0.2, 0) is 13.0 Å². The Morgan fingerprint density at radius 2 is 2.11 bits per heavy atom. The molecule has 4 heterocycles. The second-order valence-corrected chi connectivity index (χ2v) is 6.78. The van der Waals surface area contributed by atoms with Gasteiger partial charge in [0.15, 0.2) is 5.76 Å². The second kappa shape index (κ2) is 6.49. The molecule has 0 radical (unpaired) electrons. The Balaban J connectivity index is 1.51. The highest BCUT2D eigenvalue weighted by atomic mass is 16.5. The smallest absolute Gasteiger partial charge is 0.290 e. The molecule has 28 heavy (non-hydrogen) atoms. The van der Waals surface area contributed by atoms with Gasteiger partial charge in [0.1, 0.15) is 6.04 Å². The van der Waals surface area contributed by atoms with E-state index in [0.717, 1.165) is 22.5 Å². The lowest BCUT2D eigenvalue weighted by Gasteiger charge is -2.32. The molecule has 0 spiro atoms. The normalized spacial score (nSPS) is 16.2. The summed E-state index contributed by atoms with van der Waals surface area (Å²) in [5.74, 6) is 0.911. The first-order valence-electron chi connectivity index (χ1n) is 8.95. The topological polar surface area (TPSA) is 101 Å². The van der Waals surface area contributed by atoms with Crippen LogP contribution in [0, 0.1) is 6.92 Å². The number of aromatic nitrogens is 4. The maximum absolute atomic E-state index is 13.0. The minimum atomic E-state index is -0.417. The Labute approximate surface area is 160 Å². The van der Waals surface area contributed by atoms with E-state index in [0.29, 0.717) is 24.7 Å². The van der Waals surface area contributed by atoms with Gasteiger partial charge in [0.2, 0.25) is 11.7 Å². The van der Waals surface area contributed by atoms with Crippen LogP contribution in [0.2, 0.25) is 0 Å². The van der Waals surface area contributed by atoms with Crippen LogP contribution >= 0.6 is 0 Å². The van der Waals surface area contributed by atoms with Gasteiger partial charge in [-0.3, -0.25) is 4.79 Å². The van der Waals surface area contributed by atoms with Crippen molar-refractivity contribution < 1.29 is 13.7 Å². The Kier molecular flexibility index (Phi) is 3.82. The lowest BCUT2D eigenvalue weighted by molar-refractivity contribution is 0.0557. The third-order valence-corrected chi connectivity index (χ3v) is 4.93. The third-order valence-electron chi connectivity index (χ3n) is 4.93. The zero-order chi connectivity index (χ0) is 19.1. The number of carbonyl (C=O) groups is 1. The minimum absolute atomic E-state index is 0.231. The molecular weight excluding hydrogens is 358 g/mol. The highest BCUT2D eigenvalue weighted by molar-refractivity contribution is 5.91. The predicted octanol–water partition coefficient (Wildman–Crippen LogP) is 3.30. The predicted molar refractivity (Wildman–Crippen MR) is 98.1 cm³/mol. The number of imidazole rings is 1. The van der Waals surface area contributed by atoms with E-state index >= 15 is 0 Å². The van der Waals surface area contributed by atoms with Crippen LogP contribution in [0.4, 0.5) is 0 Å². The van der Waals surface area contributed by atoms with Crippen molar-refractivity contribution in [1.29, 1.82) is 0 Å². The number of hydrogen-bond donors (Lipinski definition) is 1. The summed E-state index contributed by atoms with van der Waals surface area (Å²) >= 11 is 0. The number of furan rings is 1. The number of rotatable bonds is 3. The molecule has 1 atom stereocenters. The molecule has 8 nitrogen and oxygen atoms in total. The average molecular weight is 375 g/mol. The van der Waals surface area contributed by atoms with Gasteiger partial charge in [-0.25, -0.2) is 4.98 Å². The first kappa shape index (κ1) is 16.5. The highest BCUT2D eigenvalue weighted by Gasteiger charge is 2.37. The Bertz CT molecular complexity index is 1110. The van der Waals surface area contributed by atoms with Crippen molar-refractivity contribution in [3.63, 3.8) is 0 Å². The van der Waals surface area contributed by atoms with E-state index in [1.165, 1.54) is 6.26 Å². The fourth-order valence-electron chi connectivity index (χ4n) is 3.40. The van der Waals surface area contributed by atoms with Crippen molar-refractivity contribution in [2.45, 2.75) is 25.9 Å². The maximum atomic E-state index is 13.0. The molecule has 1 aliphatic rings. The van der Waals surface area contributed by atoms with Crippen molar-refractivity contribution >= 4 is 5.91 Å². The van der Waals surface area contributed by atoms with Crippen molar-refractivity contribution in [2.75, 3.05) is 0 Å². The zero-order valence-corrected chi connectivity index (χ0v) is 15.1. The largest absolute Gasteiger partial charge is 0.459 e. The van der Waals surface area contributed by atoms with Crippen molar-refractivity contribution in [3.05, 3.63) is 77.6 Å². The van der Waals surface area contributed by atoms with Crippen LogP contribution in [0.3, 0.4) is 0 Å². The van der Waals surface area contributed by atoms with E-state index in [1.54, 1.807) is 23.4 Å². The van der Waals surface area contributed by atoms with Gasteiger partial charge >= 0.3 is 0 Å². The van der Waals surface area contributed by atoms with Gasteiger partial charge in [0.25, 0.3) is 5.91 Å². The number of nitrogens with zero attached hydrogens (tertiary/aromatic N) is 4. The molecule has 8 heteroatoms. The zero-order valence-electron chi connectivity index (χ0n) is 15.1. The van der Waals surface area contributed by atoms with Crippen LogP contribution in [0.15, 0.2) is 57.9 Å². The fourth-order valence-corrected chi connectivity index (χ4v) is 3.40. The fraction of sp³-hybridized carbons (Fsp3) is 0.200. The number of benzene rings is 1. The van der Waals surface area contributed by atoms with E-state index in [1.807, 2.05) is 31.2 Å². The van der Waals surface area contributed by atoms with Crippen molar-refractivity contribution in [1.82, 2.24) is 25.0 Å².